The predicted octanol–water partition coefficient (Wildman–Crippen LogP) is 7.23. The third-order valence-electron chi connectivity index (χ3n) is 3.77. The first kappa shape index (κ1) is 19.4. The van der Waals surface area contributed by atoms with Crippen LogP contribution in [0.4, 0.5) is 24.5 Å². The van der Waals surface area contributed by atoms with Gasteiger partial charge in [0.25, 0.3) is 0 Å². The molecule has 1 N–H and O–H groups in total. The molecule has 0 fully saturated rings. The van der Waals surface area contributed by atoms with Crippen molar-refractivity contribution in [3.05, 3.63) is 87.9 Å². The quantitative estimate of drug-likeness (QED) is 0.478. The maximum atomic E-state index is 12.3. The normalized spacial score (nSPS) is 11.3. The van der Waals surface area contributed by atoms with Crippen LogP contribution in [0.3, 0.4) is 0 Å². The van der Waals surface area contributed by atoms with Gasteiger partial charge in [0.15, 0.2) is 0 Å². The maximum Gasteiger partial charge on any atom is 0.573 e. The zero-order valence-corrected chi connectivity index (χ0v) is 15.4. The highest BCUT2D eigenvalue weighted by Gasteiger charge is 2.30. The second-order valence-electron chi connectivity index (χ2n) is 5.78. The van der Waals surface area contributed by atoms with Crippen LogP contribution in [0.2, 0.25) is 10.0 Å². The van der Waals surface area contributed by atoms with Gasteiger partial charge in [0.2, 0.25) is 0 Å². The molecule has 0 atom stereocenters. The van der Waals surface area contributed by atoms with E-state index in [0.29, 0.717) is 16.5 Å². The summed E-state index contributed by atoms with van der Waals surface area (Å²) in [4.78, 5) is 0. The molecule has 0 radical (unpaired) electrons. The Morgan fingerprint density at radius 2 is 1.56 bits per heavy atom. The fourth-order valence-corrected chi connectivity index (χ4v) is 2.85. The summed E-state index contributed by atoms with van der Waals surface area (Å²) < 4.78 is 40.7. The molecule has 3 rings (SSSR count). The van der Waals surface area contributed by atoms with Crippen LogP contribution in [0, 0.1) is 0 Å². The number of nitrogens with one attached hydrogen (secondary N) is 1. The summed E-state index contributed by atoms with van der Waals surface area (Å²) in [6.07, 6.45) is -4.16. The molecule has 0 saturated heterocycles. The van der Waals surface area contributed by atoms with E-state index in [2.05, 4.69) is 10.1 Å². The average Bonchev–Trinajstić information content (AvgIpc) is 2.60. The van der Waals surface area contributed by atoms with Crippen molar-refractivity contribution in [3.63, 3.8) is 0 Å². The summed E-state index contributed by atoms with van der Waals surface area (Å²) in [7, 11) is 0. The third kappa shape index (κ3) is 5.55. The first-order valence-corrected chi connectivity index (χ1v) is 8.70. The van der Waals surface area contributed by atoms with Gasteiger partial charge < -0.3 is 10.1 Å². The van der Waals surface area contributed by atoms with Gasteiger partial charge in [-0.1, -0.05) is 53.5 Å². The molecule has 3 aromatic rings. The molecule has 2 nitrogen and oxygen atoms in total. The molecule has 0 heterocycles. The monoisotopic (exact) mass is 411 g/mol. The maximum absolute atomic E-state index is 12.3. The first-order valence-electron chi connectivity index (χ1n) is 7.95. The molecule has 0 spiro atoms. The number of para-hydroxylation sites is 1. The van der Waals surface area contributed by atoms with Crippen LogP contribution in [0.25, 0.3) is 0 Å². The van der Waals surface area contributed by atoms with Crippen molar-refractivity contribution in [1.29, 1.82) is 0 Å². The topological polar surface area (TPSA) is 21.3 Å². The molecule has 3 aromatic carbocycles. The smallest absolute Gasteiger partial charge is 0.406 e. The Bertz CT molecular complexity index is 927. The van der Waals surface area contributed by atoms with Gasteiger partial charge in [-0.25, -0.2) is 0 Å². The fourth-order valence-electron chi connectivity index (χ4n) is 2.55. The molecule has 0 bridgehead atoms. The Labute approximate surface area is 164 Å². The zero-order valence-electron chi connectivity index (χ0n) is 13.9. The van der Waals surface area contributed by atoms with Gasteiger partial charge in [-0.05, 0) is 53.9 Å². The highest BCUT2D eigenvalue weighted by molar-refractivity contribution is 6.42. The molecule has 7 heteroatoms. The van der Waals surface area contributed by atoms with Crippen LogP contribution < -0.4 is 10.1 Å². The summed E-state index contributed by atoms with van der Waals surface area (Å²) in [5.41, 5.74) is 3.48. The van der Waals surface area contributed by atoms with Gasteiger partial charge in [-0.2, -0.15) is 0 Å². The lowest BCUT2D eigenvalue weighted by Gasteiger charge is -2.13. The SMILES string of the molecule is FC(F)(F)Oc1ccc(Cc2ccccc2Nc2ccc(Cl)c(Cl)c2)cc1. The van der Waals surface area contributed by atoms with Crippen molar-refractivity contribution < 1.29 is 17.9 Å². The van der Waals surface area contributed by atoms with E-state index in [1.165, 1.54) is 12.1 Å². The lowest BCUT2D eigenvalue weighted by Crippen LogP contribution is -2.17. The second-order valence-corrected chi connectivity index (χ2v) is 6.59. The van der Waals surface area contributed by atoms with Gasteiger partial charge >= 0.3 is 6.36 Å². The van der Waals surface area contributed by atoms with Crippen LogP contribution in [0.5, 0.6) is 5.75 Å². The van der Waals surface area contributed by atoms with E-state index >= 15 is 0 Å². The summed E-state index contributed by atoms with van der Waals surface area (Å²) in [5, 5.41) is 4.20. The van der Waals surface area contributed by atoms with Crippen LogP contribution in [0.1, 0.15) is 11.1 Å². The lowest BCUT2D eigenvalue weighted by molar-refractivity contribution is -0.274. The molecule has 0 saturated carbocycles. The number of hydrogen-bond donors (Lipinski definition) is 1. The van der Waals surface area contributed by atoms with E-state index in [-0.39, 0.29) is 5.75 Å². The largest absolute Gasteiger partial charge is 0.573 e. The van der Waals surface area contributed by atoms with E-state index in [0.717, 1.165) is 22.5 Å². The average molecular weight is 412 g/mol. The molecule has 0 amide bonds. The summed E-state index contributed by atoms with van der Waals surface area (Å²) in [5.74, 6) is -0.242. The highest BCUT2D eigenvalue weighted by atomic mass is 35.5. The van der Waals surface area contributed by atoms with Crippen LogP contribution in [-0.2, 0) is 6.42 Å². The van der Waals surface area contributed by atoms with Crippen molar-refractivity contribution in [1.82, 2.24) is 0 Å². The molecule has 27 heavy (non-hydrogen) atoms. The Hall–Kier alpha value is -2.37. The fraction of sp³-hybridized carbons (Fsp3) is 0.100. The van der Waals surface area contributed by atoms with Gasteiger partial charge in [-0.3, -0.25) is 0 Å². The Kier molecular flexibility index (Phi) is 5.82. The number of halogens is 5. The van der Waals surface area contributed by atoms with E-state index in [1.807, 2.05) is 30.3 Å². The number of benzene rings is 3. The second kappa shape index (κ2) is 8.11. The van der Waals surface area contributed by atoms with Gasteiger partial charge in [-0.15, -0.1) is 13.2 Å². The minimum atomic E-state index is -4.70. The van der Waals surface area contributed by atoms with Crippen LogP contribution in [0.15, 0.2) is 66.7 Å². The molecular weight excluding hydrogens is 398 g/mol. The van der Waals surface area contributed by atoms with Crippen molar-refractivity contribution >= 4 is 34.6 Å². The standard InChI is InChI=1S/C20H14Cl2F3NO/c21-17-10-7-15(12-18(17)22)26-19-4-2-1-3-14(19)11-13-5-8-16(9-6-13)27-20(23,24)25/h1-10,12,26H,11H2. The van der Waals surface area contributed by atoms with Gasteiger partial charge in [0, 0.05) is 11.4 Å². The molecule has 0 aromatic heterocycles. The predicted molar refractivity (Wildman–Crippen MR) is 102 cm³/mol. The number of rotatable bonds is 5. The van der Waals surface area contributed by atoms with Gasteiger partial charge in [0.05, 0.1) is 10.0 Å². The molecule has 0 aliphatic carbocycles. The Morgan fingerprint density at radius 1 is 0.852 bits per heavy atom. The Morgan fingerprint density at radius 3 is 2.22 bits per heavy atom. The van der Waals surface area contributed by atoms with E-state index < -0.39 is 6.36 Å². The third-order valence-corrected chi connectivity index (χ3v) is 4.51. The van der Waals surface area contributed by atoms with Crippen molar-refractivity contribution in [3.8, 4) is 5.75 Å². The molecule has 0 aliphatic heterocycles. The van der Waals surface area contributed by atoms with Crippen LogP contribution in [-0.4, -0.2) is 6.36 Å². The van der Waals surface area contributed by atoms with Crippen LogP contribution >= 0.6 is 23.2 Å². The first-order chi connectivity index (χ1) is 12.8. The minimum Gasteiger partial charge on any atom is -0.406 e. The molecule has 140 valence electrons. The molecule has 0 aliphatic rings. The van der Waals surface area contributed by atoms with E-state index in [4.69, 9.17) is 23.2 Å². The van der Waals surface area contributed by atoms with Crippen molar-refractivity contribution in [2.45, 2.75) is 12.8 Å². The highest BCUT2D eigenvalue weighted by Crippen LogP contribution is 2.29. The van der Waals surface area contributed by atoms with Gasteiger partial charge in [0.1, 0.15) is 5.75 Å². The number of ether oxygens (including phenoxy) is 1. The zero-order chi connectivity index (χ0) is 19.4. The number of hydrogen-bond acceptors (Lipinski definition) is 2. The molecular formula is C20H14Cl2F3NO. The number of anilines is 2. The van der Waals surface area contributed by atoms with Crippen molar-refractivity contribution in [2.24, 2.45) is 0 Å². The summed E-state index contributed by atoms with van der Waals surface area (Å²) in [6, 6.07) is 18.7. The number of alkyl halides is 3. The summed E-state index contributed by atoms with van der Waals surface area (Å²) in [6.45, 7) is 0. The van der Waals surface area contributed by atoms with Crippen molar-refractivity contribution in [2.75, 3.05) is 5.32 Å². The van der Waals surface area contributed by atoms with E-state index in [1.54, 1.807) is 24.3 Å². The van der Waals surface area contributed by atoms with E-state index in [9.17, 15) is 13.2 Å². The minimum absolute atomic E-state index is 0.242. The lowest BCUT2D eigenvalue weighted by atomic mass is 10.0. The Balaban J connectivity index is 1.77. The molecule has 0 unspecified atom stereocenters. The summed E-state index contributed by atoms with van der Waals surface area (Å²) >= 11 is 12.0.